The van der Waals surface area contributed by atoms with Crippen molar-refractivity contribution in [3.63, 3.8) is 0 Å². The van der Waals surface area contributed by atoms with Crippen LogP contribution >= 0.6 is 0 Å². The van der Waals surface area contributed by atoms with Crippen LogP contribution in [-0.2, 0) is 6.18 Å². The highest BCUT2D eigenvalue weighted by molar-refractivity contribution is 5.87. The maximum Gasteiger partial charge on any atom is 0.453 e. The number of carboxylic acids is 1. The highest BCUT2D eigenvalue weighted by Crippen LogP contribution is 2.38. The van der Waals surface area contributed by atoms with Gasteiger partial charge in [-0.2, -0.15) is 13.2 Å². The molecule has 134 valence electrons. The van der Waals surface area contributed by atoms with Crippen molar-refractivity contribution in [1.29, 1.82) is 0 Å². The average molecular weight is 365 g/mol. The molecular formula is C17H8F3O6-. The summed E-state index contributed by atoms with van der Waals surface area (Å²) in [6.45, 7) is 0. The van der Waals surface area contributed by atoms with Crippen molar-refractivity contribution in [3.8, 4) is 17.2 Å². The standard InChI is InChI=1S/C17H9F3O6/c18-17(19,20)15-14(25-10-4-1-8(2-5-10)16(23)24)13(22)11-7-9(21)3-6-12(11)26-15/h1-7,21H,(H,23,24)/p-1. The van der Waals surface area contributed by atoms with Crippen molar-refractivity contribution in [1.82, 2.24) is 0 Å². The second-order valence-electron chi connectivity index (χ2n) is 5.18. The second kappa shape index (κ2) is 6.10. The van der Waals surface area contributed by atoms with Crippen molar-refractivity contribution in [3.05, 3.63) is 64.0 Å². The molecule has 0 bridgehead atoms. The van der Waals surface area contributed by atoms with Crippen molar-refractivity contribution >= 4 is 16.9 Å². The van der Waals surface area contributed by atoms with E-state index in [2.05, 4.69) is 0 Å². The first-order valence-corrected chi connectivity index (χ1v) is 7.03. The molecule has 0 atom stereocenters. The number of rotatable bonds is 3. The van der Waals surface area contributed by atoms with Gasteiger partial charge >= 0.3 is 12.1 Å². The number of aromatic carboxylic acids is 1. The zero-order chi connectivity index (χ0) is 19.1. The highest BCUT2D eigenvalue weighted by Gasteiger charge is 2.40. The maximum absolute atomic E-state index is 13.3. The van der Waals surface area contributed by atoms with Crippen LogP contribution in [0.5, 0.6) is 17.2 Å². The molecule has 0 radical (unpaired) electrons. The van der Waals surface area contributed by atoms with Crippen LogP contribution in [0.15, 0.2) is 51.7 Å². The van der Waals surface area contributed by atoms with E-state index in [4.69, 9.17) is 14.3 Å². The summed E-state index contributed by atoms with van der Waals surface area (Å²) < 4.78 is 49.5. The zero-order valence-electron chi connectivity index (χ0n) is 12.7. The van der Waals surface area contributed by atoms with Crippen molar-refractivity contribution in [2.75, 3.05) is 0 Å². The lowest BCUT2D eigenvalue weighted by Gasteiger charge is -2.14. The molecule has 0 unspecified atom stereocenters. The summed E-state index contributed by atoms with van der Waals surface area (Å²) in [7, 11) is 0. The molecule has 0 aliphatic rings. The molecule has 26 heavy (non-hydrogen) atoms. The van der Waals surface area contributed by atoms with E-state index >= 15 is 0 Å². The molecule has 0 fully saturated rings. The van der Waals surface area contributed by atoms with Gasteiger partial charge in [0.2, 0.25) is 11.2 Å². The molecule has 3 rings (SSSR count). The van der Waals surface area contributed by atoms with Gasteiger partial charge in [0.15, 0.2) is 0 Å². The number of carbonyl (C=O) groups is 1. The molecule has 0 spiro atoms. The van der Waals surface area contributed by atoms with E-state index in [1.165, 1.54) is 0 Å². The summed E-state index contributed by atoms with van der Waals surface area (Å²) in [5.41, 5.74) is -1.69. The summed E-state index contributed by atoms with van der Waals surface area (Å²) in [5.74, 6) is -4.82. The number of halogens is 3. The number of fused-ring (bicyclic) bond motifs is 1. The lowest BCUT2D eigenvalue weighted by molar-refractivity contribution is -0.268. The smallest absolute Gasteiger partial charge is 0.453 e. The number of ether oxygens (including phenoxy) is 1. The zero-order valence-corrected chi connectivity index (χ0v) is 12.7. The third-order valence-electron chi connectivity index (χ3n) is 3.40. The van der Waals surface area contributed by atoms with E-state index < -0.39 is 40.4 Å². The summed E-state index contributed by atoms with van der Waals surface area (Å²) in [6, 6.07) is 7.18. The van der Waals surface area contributed by atoms with E-state index in [9.17, 15) is 27.9 Å². The molecule has 0 aliphatic heterocycles. The van der Waals surface area contributed by atoms with Crippen LogP contribution in [0.4, 0.5) is 13.2 Å². The van der Waals surface area contributed by atoms with Crippen molar-refractivity contribution in [2.45, 2.75) is 6.18 Å². The molecule has 9 heteroatoms. The van der Waals surface area contributed by atoms with Gasteiger partial charge in [0.25, 0.3) is 5.76 Å². The monoisotopic (exact) mass is 365 g/mol. The first-order valence-electron chi connectivity index (χ1n) is 7.03. The first-order chi connectivity index (χ1) is 12.2. The topological polar surface area (TPSA) is 99.8 Å². The summed E-state index contributed by atoms with van der Waals surface area (Å²) >= 11 is 0. The number of hydrogen-bond donors (Lipinski definition) is 1. The van der Waals surface area contributed by atoms with E-state index in [0.717, 1.165) is 42.5 Å². The molecule has 1 heterocycles. The lowest BCUT2D eigenvalue weighted by atomic mass is 10.2. The van der Waals surface area contributed by atoms with Crippen LogP contribution in [-0.4, -0.2) is 11.1 Å². The van der Waals surface area contributed by atoms with E-state index in [-0.39, 0.29) is 16.7 Å². The molecule has 0 saturated heterocycles. The molecule has 1 N–H and O–H groups in total. The molecular weight excluding hydrogens is 357 g/mol. The number of hydrogen-bond acceptors (Lipinski definition) is 5. The van der Waals surface area contributed by atoms with Crippen LogP contribution in [0.2, 0.25) is 0 Å². The fourth-order valence-electron chi connectivity index (χ4n) is 2.22. The van der Waals surface area contributed by atoms with Crippen molar-refractivity contribution in [2.24, 2.45) is 0 Å². The van der Waals surface area contributed by atoms with Gasteiger partial charge in [0, 0.05) is 0 Å². The van der Waals surface area contributed by atoms with E-state index in [1.807, 2.05) is 0 Å². The Kier molecular flexibility index (Phi) is 4.07. The fraction of sp³-hybridized carbons (Fsp3) is 0.0588. The van der Waals surface area contributed by atoms with Crippen LogP contribution in [0.3, 0.4) is 0 Å². The van der Waals surface area contributed by atoms with Gasteiger partial charge in [-0.15, -0.1) is 5.75 Å². The molecule has 0 aliphatic carbocycles. The van der Waals surface area contributed by atoms with Gasteiger partial charge < -0.3 is 19.4 Å². The minimum absolute atomic E-state index is 0.116. The Morgan fingerprint density at radius 3 is 2.35 bits per heavy atom. The Labute approximate surface area is 142 Å². The Bertz CT molecular complexity index is 1050. The third kappa shape index (κ3) is 3.18. The van der Waals surface area contributed by atoms with Gasteiger partial charge in [-0.1, -0.05) is 12.1 Å². The molecule has 3 aromatic rings. The largest absolute Gasteiger partial charge is 0.872 e. The van der Waals surface area contributed by atoms with Crippen LogP contribution in [0, 0.1) is 0 Å². The summed E-state index contributed by atoms with van der Waals surface area (Å²) in [4.78, 5) is 23.2. The Balaban J connectivity index is 2.17. The van der Waals surface area contributed by atoms with Gasteiger partial charge in [0.1, 0.15) is 11.3 Å². The third-order valence-corrected chi connectivity index (χ3v) is 3.40. The lowest BCUT2D eigenvalue weighted by Crippen LogP contribution is -2.15. The minimum Gasteiger partial charge on any atom is -0.872 e. The minimum atomic E-state index is -5.03. The van der Waals surface area contributed by atoms with Crippen LogP contribution < -0.4 is 15.3 Å². The Morgan fingerprint density at radius 1 is 1.12 bits per heavy atom. The highest BCUT2D eigenvalue weighted by atomic mass is 19.4. The van der Waals surface area contributed by atoms with Gasteiger partial charge in [0.05, 0.1) is 10.9 Å². The number of carboxylic acid groups (broad SMARTS) is 1. The molecule has 1 aromatic heterocycles. The maximum atomic E-state index is 13.3. The molecule has 6 nitrogen and oxygen atoms in total. The van der Waals surface area contributed by atoms with E-state index in [0.29, 0.717) is 0 Å². The molecule has 0 amide bonds. The van der Waals surface area contributed by atoms with Crippen molar-refractivity contribution < 1.29 is 37.3 Å². The SMILES string of the molecule is O=C(O)c1ccc(Oc2c(C(F)(F)F)oc3ccc([O-])cc3c2=O)cc1. The second-order valence-corrected chi connectivity index (χ2v) is 5.18. The number of alkyl halides is 3. The van der Waals surface area contributed by atoms with Gasteiger partial charge in [-0.3, -0.25) is 4.79 Å². The van der Waals surface area contributed by atoms with Gasteiger partial charge in [-0.25, -0.2) is 4.79 Å². The number of benzene rings is 2. The first kappa shape index (κ1) is 17.3. The van der Waals surface area contributed by atoms with Crippen LogP contribution in [0.1, 0.15) is 16.1 Å². The molecule has 2 aromatic carbocycles. The van der Waals surface area contributed by atoms with Gasteiger partial charge in [-0.05, 0) is 30.3 Å². The summed E-state index contributed by atoms with van der Waals surface area (Å²) in [6.07, 6.45) is -5.03. The quantitative estimate of drug-likeness (QED) is 0.764. The summed E-state index contributed by atoms with van der Waals surface area (Å²) in [5, 5.41) is 19.9. The molecule has 0 saturated carbocycles. The normalized spacial score (nSPS) is 11.5. The van der Waals surface area contributed by atoms with Crippen LogP contribution in [0.25, 0.3) is 11.0 Å². The average Bonchev–Trinajstić information content (AvgIpc) is 2.57. The Morgan fingerprint density at radius 2 is 1.77 bits per heavy atom. The Hall–Kier alpha value is -3.49. The predicted molar refractivity (Wildman–Crippen MR) is 80.4 cm³/mol. The van der Waals surface area contributed by atoms with E-state index in [1.54, 1.807) is 0 Å². The fourth-order valence-corrected chi connectivity index (χ4v) is 2.22. The predicted octanol–water partition coefficient (Wildman–Crippen LogP) is 3.38.